The van der Waals surface area contributed by atoms with Gasteiger partial charge in [0.25, 0.3) is 11.7 Å². The third kappa shape index (κ3) is 3.42. The van der Waals surface area contributed by atoms with Crippen molar-refractivity contribution in [2.24, 2.45) is 17.3 Å². The zero-order valence-electron chi connectivity index (χ0n) is 14.3. The fourth-order valence-electron chi connectivity index (χ4n) is 3.66. The van der Waals surface area contributed by atoms with Crippen molar-refractivity contribution in [1.29, 1.82) is 0 Å². The fraction of sp³-hybridized carbons (Fsp3) is 0.800. The van der Waals surface area contributed by atoms with E-state index in [1.807, 2.05) is 0 Å². The Morgan fingerprint density at radius 2 is 1.57 bits per heavy atom. The highest BCUT2D eigenvalue weighted by atomic mass is 19.4. The second-order valence-corrected chi connectivity index (χ2v) is 7.10. The van der Waals surface area contributed by atoms with E-state index in [1.165, 1.54) is 6.08 Å². The number of rotatable bonds is 5. The molecule has 3 nitrogen and oxygen atoms in total. The second-order valence-electron chi connectivity index (χ2n) is 7.10. The molecule has 1 N–H and O–H groups in total. The molecule has 0 spiro atoms. The Kier molecular flexibility index (Phi) is 5.67. The van der Waals surface area contributed by atoms with Gasteiger partial charge in [-0.2, -0.15) is 48.3 Å². The van der Waals surface area contributed by atoms with E-state index in [4.69, 9.17) is 5.11 Å². The van der Waals surface area contributed by atoms with Crippen molar-refractivity contribution in [3.05, 3.63) is 12.2 Å². The summed E-state index contributed by atoms with van der Waals surface area (Å²) < 4.78 is 162. The zero-order chi connectivity index (χ0) is 23.6. The summed E-state index contributed by atoms with van der Waals surface area (Å²) >= 11 is 0. The van der Waals surface area contributed by atoms with Crippen molar-refractivity contribution in [3.63, 3.8) is 0 Å². The lowest BCUT2D eigenvalue weighted by Crippen LogP contribution is -2.69. The van der Waals surface area contributed by atoms with E-state index >= 15 is 0 Å². The molecule has 0 aromatic heterocycles. The number of carbonyl (C=O) groups excluding carboxylic acids is 1. The number of esters is 1. The van der Waals surface area contributed by atoms with Crippen molar-refractivity contribution in [1.82, 2.24) is 0 Å². The molecule has 2 rings (SSSR count). The predicted molar refractivity (Wildman–Crippen MR) is 71.7 cm³/mol. The third-order valence-electron chi connectivity index (χ3n) is 5.32. The average Bonchev–Trinajstić information content (AvgIpc) is 3.17. The van der Waals surface area contributed by atoms with Crippen LogP contribution in [0.1, 0.15) is 12.8 Å². The number of alkyl halides is 12. The molecule has 0 aliphatic heterocycles. The predicted octanol–water partition coefficient (Wildman–Crippen LogP) is 4.50. The van der Waals surface area contributed by atoms with Crippen molar-refractivity contribution in [2.75, 3.05) is 6.67 Å². The van der Waals surface area contributed by atoms with Crippen LogP contribution < -0.4 is 0 Å². The molecule has 0 amide bonds. The van der Waals surface area contributed by atoms with Gasteiger partial charge in [0.1, 0.15) is 6.67 Å². The van der Waals surface area contributed by atoms with Gasteiger partial charge in [-0.25, -0.2) is 4.39 Å². The first-order valence-electron chi connectivity index (χ1n) is 8.01. The summed E-state index contributed by atoms with van der Waals surface area (Å²) in [6.45, 7) is -3.49. The maximum absolute atomic E-state index is 14.1. The number of aliphatic hydroxyl groups is 1. The minimum absolute atomic E-state index is 0.376. The SMILES string of the molecule is O=C(OC(C(F)(F)F)C(F)(F)C(O)(CF)C(F)(F)F)C1(C(F)(F)F)CC2C=CC1C2. The summed E-state index contributed by atoms with van der Waals surface area (Å²) in [5.74, 6) is -12.3. The molecule has 2 bridgehead atoms. The number of carbonyl (C=O) groups is 1. The molecule has 0 aromatic carbocycles. The summed E-state index contributed by atoms with van der Waals surface area (Å²) in [6.07, 6.45) is -23.6. The molecule has 2 aliphatic carbocycles. The van der Waals surface area contributed by atoms with E-state index in [1.54, 1.807) is 0 Å². The number of ether oxygens (including phenoxy) is 1. The smallest absolute Gasteiger partial charge is 0.431 e. The molecule has 174 valence electrons. The van der Waals surface area contributed by atoms with Gasteiger partial charge in [0.05, 0.1) is 0 Å². The molecule has 1 fully saturated rings. The Bertz CT molecular complexity index is 709. The van der Waals surface area contributed by atoms with Gasteiger partial charge in [-0.05, 0) is 18.8 Å². The van der Waals surface area contributed by atoms with E-state index in [9.17, 15) is 57.5 Å². The van der Waals surface area contributed by atoms with E-state index in [0.717, 1.165) is 6.08 Å². The van der Waals surface area contributed by atoms with Crippen LogP contribution in [0.15, 0.2) is 12.2 Å². The minimum Gasteiger partial charge on any atom is -0.445 e. The van der Waals surface area contributed by atoms with Crippen molar-refractivity contribution in [2.45, 2.75) is 49.0 Å². The lowest BCUT2D eigenvalue weighted by atomic mass is 9.75. The maximum atomic E-state index is 14.1. The number of fused-ring (bicyclic) bond motifs is 2. The maximum Gasteiger partial charge on any atom is 0.431 e. The van der Waals surface area contributed by atoms with Crippen LogP contribution in [0.4, 0.5) is 52.7 Å². The Morgan fingerprint density at radius 1 is 1.03 bits per heavy atom. The van der Waals surface area contributed by atoms with E-state index in [0.29, 0.717) is 0 Å². The molecule has 5 unspecified atom stereocenters. The molecule has 15 heteroatoms. The Morgan fingerprint density at radius 3 is 1.87 bits per heavy atom. The molecule has 0 saturated heterocycles. The quantitative estimate of drug-likeness (QED) is 0.367. The van der Waals surface area contributed by atoms with Crippen LogP contribution in [0.2, 0.25) is 0 Å². The molecule has 5 atom stereocenters. The molecular weight excluding hydrogens is 456 g/mol. The first-order valence-corrected chi connectivity index (χ1v) is 8.01. The summed E-state index contributed by atoms with van der Waals surface area (Å²) in [7, 11) is 0. The van der Waals surface area contributed by atoms with E-state index in [2.05, 4.69) is 4.74 Å². The van der Waals surface area contributed by atoms with Gasteiger partial charge in [0.2, 0.25) is 0 Å². The second kappa shape index (κ2) is 6.92. The molecule has 0 radical (unpaired) electrons. The van der Waals surface area contributed by atoms with Crippen molar-refractivity contribution >= 4 is 5.97 Å². The summed E-state index contributed by atoms with van der Waals surface area (Å²) in [5, 5.41) is 8.95. The van der Waals surface area contributed by atoms with Crippen LogP contribution in [0.5, 0.6) is 0 Å². The zero-order valence-corrected chi connectivity index (χ0v) is 14.3. The molecule has 30 heavy (non-hydrogen) atoms. The molecule has 0 aromatic rings. The standard InChI is InChI=1S/C15H12F12O3/c16-5-11(29,15(25,26)27)12(17,18)8(13(19,20)21)30-9(28)10(14(22,23)24)4-6-1-2-7(10)3-6/h1-2,6-8,29H,3-5H2. The Balaban J connectivity index is 2.52. The Labute approximate surface area is 159 Å². The number of halogens is 12. The highest BCUT2D eigenvalue weighted by Gasteiger charge is 2.79. The normalized spacial score (nSPS) is 30.3. The van der Waals surface area contributed by atoms with Gasteiger partial charge in [-0.15, -0.1) is 0 Å². The number of allylic oxidation sites excluding steroid dienone is 2. The van der Waals surface area contributed by atoms with Gasteiger partial charge >= 0.3 is 30.4 Å². The van der Waals surface area contributed by atoms with Gasteiger partial charge in [-0.3, -0.25) is 4.79 Å². The van der Waals surface area contributed by atoms with Gasteiger partial charge in [0.15, 0.2) is 5.41 Å². The first kappa shape index (κ1) is 24.6. The summed E-state index contributed by atoms with van der Waals surface area (Å²) in [4.78, 5) is 12.1. The van der Waals surface area contributed by atoms with Crippen LogP contribution >= 0.6 is 0 Å². The number of hydrogen-bond acceptors (Lipinski definition) is 3. The van der Waals surface area contributed by atoms with Crippen LogP contribution in [0.25, 0.3) is 0 Å². The molecule has 1 saturated carbocycles. The monoisotopic (exact) mass is 468 g/mol. The van der Waals surface area contributed by atoms with Crippen LogP contribution in [0, 0.1) is 17.3 Å². The summed E-state index contributed by atoms with van der Waals surface area (Å²) in [6, 6.07) is 0. The molecule has 0 heterocycles. The molecular formula is C15H12F12O3. The summed E-state index contributed by atoms with van der Waals surface area (Å²) in [5.41, 5.74) is -9.70. The third-order valence-corrected chi connectivity index (χ3v) is 5.32. The van der Waals surface area contributed by atoms with Crippen molar-refractivity contribution in [3.8, 4) is 0 Å². The van der Waals surface area contributed by atoms with E-state index < -0.39 is 72.5 Å². The lowest BCUT2D eigenvalue weighted by molar-refractivity contribution is -0.382. The van der Waals surface area contributed by atoms with E-state index in [-0.39, 0.29) is 6.42 Å². The topological polar surface area (TPSA) is 46.5 Å². The van der Waals surface area contributed by atoms with Gasteiger partial charge in [0, 0.05) is 5.92 Å². The lowest BCUT2D eigenvalue weighted by Gasteiger charge is -2.41. The van der Waals surface area contributed by atoms with Crippen LogP contribution in [-0.4, -0.2) is 53.9 Å². The molecule has 2 aliphatic rings. The van der Waals surface area contributed by atoms with Gasteiger partial charge < -0.3 is 9.84 Å². The van der Waals surface area contributed by atoms with Crippen LogP contribution in [0.3, 0.4) is 0 Å². The first-order chi connectivity index (χ1) is 13.3. The van der Waals surface area contributed by atoms with Crippen LogP contribution in [-0.2, 0) is 9.53 Å². The highest BCUT2D eigenvalue weighted by Crippen LogP contribution is 2.61. The largest absolute Gasteiger partial charge is 0.445 e. The van der Waals surface area contributed by atoms with Gasteiger partial charge in [-0.1, -0.05) is 12.2 Å². The minimum atomic E-state index is -6.70. The van der Waals surface area contributed by atoms with Crippen molar-refractivity contribution < 1.29 is 67.3 Å². The fourth-order valence-corrected chi connectivity index (χ4v) is 3.66. The Hall–Kier alpha value is -1.67. The highest BCUT2D eigenvalue weighted by molar-refractivity contribution is 5.80. The number of hydrogen-bond donors (Lipinski definition) is 1. The average molecular weight is 468 g/mol.